The fourth-order valence-corrected chi connectivity index (χ4v) is 6.45. The lowest BCUT2D eigenvalue weighted by Gasteiger charge is -2.39. The third-order valence-electron chi connectivity index (χ3n) is 8.36. The molecule has 4 unspecified atom stereocenters. The molecule has 4 aromatic rings. The summed E-state index contributed by atoms with van der Waals surface area (Å²) in [4.78, 5) is 8.71. The number of hydrogen-bond donors (Lipinski definition) is 2. The van der Waals surface area contributed by atoms with Crippen molar-refractivity contribution >= 4 is 27.0 Å². The summed E-state index contributed by atoms with van der Waals surface area (Å²) in [5.41, 5.74) is 6.35. The Morgan fingerprint density at radius 1 is 1.16 bits per heavy atom. The van der Waals surface area contributed by atoms with E-state index in [2.05, 4.69) is 20.4 Å². The first-order chi connectivity index (χ1) is 20.9. The molecule has 1 saturated carbocycles. The van der Waals surface area contributed by atoms with Gasteiger partial charge in [-0.3, -0.25) is 4.98 Å². The van der Waals surface area contributed by atoms with E-state index in [1.807, 2.05) is 13.0 Å². The Morgan fingerprint density at radius 3 is 2.57 bits per heavy atom. The number of halogens is 3. The Morgan fingerprint density at radius 2 is 1.91 bits per heavy atom. The van der Waals surface area contributed by atoms with Gasteiger partial charge in [0.1, 0.15) is 21.5 Å². The minimum Gasteiger partial charge on any atom is -0.375 e. The third kappa shape index (κ3) is 6.03. The number of hydrogen-bond acceptors (Lipinski definition) is 9. The number of imidazole rings is 1. The van der Waals surface area contributed by atoms with Gasteiger partial charge in [-0.2, -0.15) is 9.61 Å². The molecule has 2 aliphatic rings. The van der Waals surface area contributed by atoms with E-state index in [9.17, 15) is 12.8 Å². The van der Waals surface area contributed by atoms with Crippen LogP contribution in [0.15, 0.2) is 48.9 Å². The molecule has 4 heterocycles. The van der Waals surface area contributed by atoms with Crippen LogP contribution in [0.5, 0.6) is 0 Å². The van der Waals surface area contributed by atoms with Crippen molar-refractivity contribution < 1.29 is 31.1 Å². The summed E-state index contributed by atoms with van der Waals surface area (Å²) < 4.78 is 80.3. The van der Waals surface area contributed by atoms with Crippen molar-refractivity contribution in [2.45, 2.75) is 43.5 Å². The minimum absolute atomic E-state index is 0.0123. The molecule has 1 aliphatic heterocycles. The number of alkyl halides is 1. The largest absolute Gasteiger partial charge is 0.375 e. The Hall–Kier alpha value is -3.59. The van der Waals surface area contributed by atoms with Crippen LogP contribution in [0.2, 0.25) is 0 Å². The van der Waals surface area contributed by atoms with Crippen LogP contribution in [0.1, 0.15) is 36.8 Å². The van der Waals surface area contributed by atoms with Gasteiger partial charge in [0.25, 0.3) is 0 Å². The molecular weight excluding hydrogens is 597 g/mol. The Labute approximate surface area is 252 Å². The van der Waals surface area contributed by atoms with Gasteiger partial charge in [-0.25, -0.2) is 26.6 Å². The quantitative estimate of drug-likeness (QED) is 0.278. The zero-order valence-corrected chi connectivity index (χ0v) is 25.0. The van der Waals surface area contributed by atoms with Crippen molar-refractivity contribution in [2.75, 3.05) is 37.1 Å². The highest BCUT2D eigenvalue weighted by Gasteiger charge is 2.42. The van der Waals surface area contributed by atoms with E-state index in [1.54, 1.807) is 24.7 Å². The summed E-state index contributed by atoms with van der Waals surface area (Å²) in [7, 11) is -3.14. The highest BCUT2D eigenvalue weighted by Crippen LogP contribution is 2.41. The van der Waals surface area contributed by atoms with Gasteiger partial charge >= 0.3 is 0 Å². The predicted molar refractivity (Wildman–Crippen MR) is 158 cm³/mol. The van der Waals surface area contributed by atoms with Crippen molar-refractivity contribution in [1.82, 2.24) is 19.6 Å². The van der Waals surface area contributed by atoms with Gasteiger partial charge in [-0.05, 0) is 66.1 Å². The lowest BCUT2D eigenvalue weighted by molar-refractivity contribution is -0.135. The van der Waals surface area contributed by atoms with Crippen LogP contribution in [-0.2, 0) is 25.0 Å². The van der Waals surface area contributed by atoms with Crippen LogP contribution < -0.4 is 11.1 Å². The Kier molecular flexibility index (Phi) is 8.11. The molecule has 3 aromatic heterocycles. The highest BCUT2D eigenvalue weighted by atomic mass is 32.2. The second-order valence-corrected chi connectivity index (χ2v) is 14.0. The highest BCUT2D eigenvalue weighted by molar-refractivity contribution is 7.90. The SMILES string of the molecule is CC1CC(c2ccncc2Nc2ncc3ccc(-c4c(F)cc(C5(F)COC5)cc4F)nn23)CC(N)C1OCCS(C)(=O)=O. The standard InChI is InChI=1S/C30H33F3N6O4S/c1-17-9-18(10-24(34)28(17)43-7-8-44(2,40)41)21-5-6-35-14-26(21)37-29-36-13-20-3-4-25(38-39(20)29)27-22(31)11-19(12-23(27)32)30(33)15-42-16-30/h3-6,11-14,17-18,24,28H,7-10,15-16,34H2,1-2H3,(H,36,37). The van der Waals surface area contributed by atoms with Crippen molar-refractivity contribution in [3.63, 3.8) is 0 Å². The smallest absolute Gasteiger partial charge is 0.229 e. The average Bonchev–Trinajstić information content (AvgIpc) is 3.34. The van der Waals surface area contributed by atoms with Gasteiger partial charge in [0.15, 0.2) is 5.67 Å². The molecule has 234 valence electrons. The van der Waals surface area contributed by atoms with Crippen LogP contribution in [0.3, 0.4) is 0 Å². The average molecular weight is 631 g/mol. The number of ether oxygens (including phenoxy) is 2. The Balaban J connectivity index is 1.24. The number of anilines is 2. The maximum Gasteiger partial charge on any atom is 0.229 e. The lowest BCUT2D eigenvalue weighted by atomic mass is 9.74. The fourth-order valence-electron chi connectivity index (χ4n) is 6.05. The first kappa shape index (κ1) is 30.4. The molecular formula is C30H33F3N6O4S. The van der Waals surface area contributed by atoms with Crippen LogP contribution in [-0.4, -0.2) is 72.0 Å². The second-order valence-electron chi connectivity index (χ2n) is 11.8. The summed E-state index contributed by atoms with van der Waals surface area (Å²) in [6.07, 6.45) is 7.20. The molecule has 4 atom stereocenters. The topological polar surface area (TPSA) is 134 Å². The number of nitrogens with zero attached hydrogens (tertiary/aromatic N) is 4. The number of aromatic nitrogens is 4. The molecule has 1 saturated heterocycles. The molecule has 2 fully saturated rings. The van der Waals surface area contributed by atoms with E-state index in [1.165, 1.54) is 16.8 Å². The summed E-state index contributed by atoms with van der Waals surface area (Å²) in [6, 6.07) is 6.69. The number of pyridine rings is 1. The molecule has 14 heteroatoms. The van der Waals surface area contributed by atoms with Crippen molar-refractivity contribution in [3.05, 3.63) is 71.7 Å². The molecule has 0 amide bonds. The molecule has 6 rings (SSSR count). The number of nitrogens with two attached hydrogens (primary N) is 1. The zero-order valence-electron chi connectivity index (χ0n) is 24.2. The number of nitrogens with one attached hydrogen (secondary N) is 1. The van der Waals surface area contributed by atoms with Crippen LogP contribution in [0.25, 0.3) is 16.8 Å². The molecule has 0 bridgehead atoms. The summed E-state index contributed by atoms with van der Waals surface area (Å²) in [5.74, 6) is -1.49. The maximum atomic E-state index is 15.1. The van der Waals surface area contributed by atoms with Gasteiger partial charge in [-0.15, -0.1) is 0 Å². The summed E-state index contributed by atoms with van der Waals surface area (Å²) in [5, 5.41) is 7.74. The van der Waals surface area contributed by atoms with E-state index in [0.29, 0.717) is 23.6 Å². The second kappa shape index (κ2) is 11.7. The van der Waals surface area contributed by atoms with Crippen LogP contribution >= 0.6 is 0 Å². The van der Waals surface area contributed by atoms with Gasteiger partial charge < -0.3 is 20.5 Å². The normalized spacial score (nSPS) is 23.4. The summed E-state index contributed by atoms with van der Waals surface area (Å²) >= 11 is 0. The van der Waals surface area contributed by atoms with Gasteiger partial charge in [0.05, 0.1) is 66.5 Å². The van der Waals surface area contributed by atoms with Gasteiger partial charge in [0, 0.05) is 18.5 Å². The molecule has 1 aliphatic carbocycles. The fraction of sp³-hybridized carbons (Fsp3) is 0.433. The van der Waals surface area contributed by atoms with Gasteiger partial charge in [0.2, 0.25) is 5.95 Å². The predicted octanol–water partition coefficient (Wildman–Crippen LogP) is 4.28. The summed E-state index contributed by atoms with van der Waals surface area (Å²) in [6.45, 7) is 1.64. The third-order valence-corrected chi connectivity index (χ3v) is 9.27. The van der Waals surface area contributed by atoms with Gasteiger partial charge in [-0.1, -0.05) is 6.92 Å². The van der Waals surface area contributed by atoms with Crippen LogP contribution in [0.4, 0.5) is 24.8 Å². The first-order valence-corrected chi connectivity index (χ1v) is 16.3. The first-order valence-electron chi connectivity index (χ1n) is 14.3. The maximum absolute atomic E-state index is 15.1. The van der Waals surface area contributed by atoms with E-state index < -0.39 is 27.1 Å². The Bertz CT molecular complexity index is 1760. The molecule has 3 N–H and O–H groups in total. The zero-order chi connectivity index (χ0) is 31.2. The number of sulfone groups is 1. The van der Waals surface area contributed by atoms with Crippen LogP contribution in [0, 0.1) is 17.6 Å². The molecule has 1 aromatic carbocycles. The van der Waals surface area contributed by atoms with Crippen molar-refractivity contribution in [2.24, 2.45) is 11.7 Å². The lowest BCUT2D eigenvalue weighted by Crippen LogP contribution is -2.47. The molecule has 0 radical (unpaired) electrons. The minimum atomic E-state index is -3.14. The number of fused-ring (bicyclic) bond motifs is 1. The van der Waals surface area contributed by atoms with Crippen molar-refractivity contribution in [1.29, 1.82) is 0 Å². The van der Waals surface area contributed by atoms with E-state index >= 15 is 8.78 Å². The van der Waals surface area contributed by atoms with E-state index in [-0.39, 0.29) is 66.4 Å². The number of rotatable bonds is 9. The molecule has 44 heavy (non-hydrogen) atoms. The molecule has 0 spiro atoms. The number of benzene rings is 1. The monoisotopic (exact) mass is 630 g/mol. The van der Waals surface area contributed by atoms with E-state index in [4.69, 9.17) is 15.2 Å². The van der Waals surface area contributed by atoms with E-state index in [0.717, 1.165) is 24.1 Å². The van der Waals surface area contributed by atoms with Crippen molar-refractivity contribution in [3.8, 4) is 11.3 Å². The molecule has 10 nitrogen and oxygen atoms in total.